The number of halogens is 2. The van der Waals surface area contributed by atoms with Crippen molar-refractivity contribution in [3.63, 3.8) is 0 Å². The minimum atomic E-state index is -1.09. The Morgan fingerprint density at radius 2 is 1.88 bits per heavy atom. The molecule has 1 heterocycles. The quantitative estimate of drug-likeness (QED) is 0.788. The Labute approximate surface area is 157 Å². The Morgan fingerprint density at radius 1 is 1.16 bits per heavy atom. The number of carbonyl (C=O) groups is 3. The summed E-state index contributed by atoms with van der Waals surface area (Å²) in [5, 5.41) is 9.12. The van der Waals surface area contributed by atoms with Gasteiger partial charge in [0.1, 0.15) is 0 Å². The van der Waals surface area contributed by atoms with E-state index in [0.29, 0.717) is 9.92 Å². The smallest absolute Gasteiger partial charge is 0.336 e. The number of rotatable bonds is 4. The van der Waals surface area contributed by atoms with Gasteiger partial charge in [0.2, 0.25) is 11.8 Å². The van der Waals surface area contributed by atoms with E-state index in [2.05, 4.69) is 0 Å². The predicted molar refractivity (Wildman–Crippen MR) is 96.6 cm³/mol. The zero-order chi connectivity index (χ0) is 18.1. The molecule has 0 aromatic heterocycles. The van der Waals surface area contributed by atoms with Gasteiger partial charge < -0.3 is 5.11 Å². The first-order chi connectivity index (χ1) is 11.9. The molecule has 2 aromatic rings. The molecule has 25 heavy (non-hydrogen) atoms. The van der Waals surface area contributed by atoms with E-state index in [9.17, 15) is 19.5 Å². The van der Waals surface area contributed by atoms with E-state index in [1.54, 1.807) is 24.3 Å². The summed E-state index contributed by atoms with van der Waals surface area (Å²) in [6.45, 7) is 0. The highest BCUT2D eigenvalue weighted by molar-refractivity contribution is 8.00. The highest BCUT2D eigenvalue weighted by Crippen LogP contribution is 2.38. The molecule has 3 rings (SSSR count). The number of amides is 2. The molecule has 1 fully saturated rings. The first kappa shape index (κ1) is 17.8. The van der Waals surface area contributed by atoms with Crippen LogP contribution in [0.4, 0.5) is 5.69 Å². The van der Waals surface area contributed by atoms with Gasteiger partial charge in [-0.05, 0) is 30.3 Å². The largest absolute Gasteiger partial charge is 0.478 e. The SMILES string of the molecule is O=C(O)c1ccccc1SC1CC(=O)N(c2cc(Cl)ccc2Cl)C1=O. The van der Waals surface area contributed by atoms with E-state index in [4.69, 9.17) is 23.2 Å². The van der Waals surface area contributed by atoms with Crippen LogP contribution in [-0.4, -0.2) is 28.1 Å². The van der Waals surface area contributed by atoms with E-state index in [-0.39, 0.29) is 22.7 Å². The van der Waals surface area contributed by atoms with Gasteiger partial charge in [0.25, 0.3) is 0 Å². The summed E-state index contributed by atoms with van der Waals surface area (Å²) < 4.78 is 0. The summed E-state index contributed by atoms with van der Waals surface area (Å²) in [4.78, 5) is 37.8. The number of benzene rings is 2. The molecule has 0 radical (unpaired) electrons. The monoisotopic (exact) mass is 395 g/mol. The second kappa shape index (κ2) is 7.07. The third-order valence-corrected chi connectivity index (χ3v) is 5.46. The second-order valence-corrected chi connectivity index (χ2v) is 7.36. The minimum Gasteiger partial charge on any atom is -0.478 e. The highest BCUT2D eigenvalue weighted by atomic mass is 35.5. The Balaban J connectivity index is 1.90. The molecule has 2 aromatic carbocycles. The molecule has 0 saturated carbocycles. The van der Waals surface area contributed by atoms with E-state index in [0.717, 1.165) is 16.7 Å². The number of carboxylic acid groups (broad SMARTS) is 1. The maximum atomic E-state index is 12.7. The van der Waals surface area contributed by atoms with Gasteiger partial charge in [-0.15, -0.1) is 11.8 Å². The fraction of sp³-hybridized carbons (Fsp3) is 0.118. The van der Waals surface area contributed by atoms with Crippen LogP contribution in [0.2, 0.25) is 10.0 Å². The molecular weight excluding hydrogens is 385 g/mol. The molecule has 8 heteroatoms. The van der Waals surface area contributed by atoms with Gasteiger partial charge in [-0.2, -0.15) is 0 Å². The first-order valence-electron chi connectivity index (χ1n) is 7.19. The van der Waals surface area contributed by atoms with Crippen molar-refractivity contribution in [3.05, 3.63) is 58.1 Å². The molecule has 1 atom stereocenters. The van der Waals surface area contributed by atoms with Gasteiger partial charge >= 0.3 is 5.97 Å². The number of anilines is 1. The normalized spacial score (nSPS) is 17.2. The maximum Gasteiger partial charge on any atom is 0.336 e. The van der Waals surface area contributed by atoms with Crippen molar-refractivity contribution in [2.24, 2.45) is 0 Å². The van der Waals surface area contributed by atoms with Crippen molar-refractivity contribution in [3.8, 4) is 0 Å². The molecule has 5 nitrogen and oxygen atoms in total. The van der Waals surface area contributed by atoms with Crippen LogP contribution in [0, 0.1) is 0 Å². The zero-order valence-electron chi connectivity index (χ0n) is 12.6. The molecular formula is C17H11Cl2NO4S. The first-order valence-corrected chi connectivity index (χ1v) is 8.83. The fourth-order valence-electron chi connectivity index (χ4n) is 2.51. The fourth-order valence-corrected chi connectivity index (χ4v) is 4.05. The van der Waals surface area contributed by atoms with Crippen LogP contribution in [0.1, 0.15) is 16.8 Å². The highest BCUT2D eigenvalue weighted by Gasteiger charge is 2.41. The van der Waals surface area contributed by atoms with Crippen LogP contribution >= 0.6 is 35.0 Å². The molecule has 128 valence electrons. The van der Waals surface area contributed by atoms with Crippen molar-refractivity contribution in [2.75, 3.05) is 4.90 Å². The third-order valence-electron chi connectivity index (χ3n) is 3.64. The third kappa shape index (κ3) is 3.51. The minimum absolute atomic E-state index is 0.0414. The van der Waals surface area contributed by atoms with Gasteiger partial charge in [0, 0.05) is 16.3 Å². The zero-order valence-corrected chi connectivity index (χ0v) is 14.9. The van der Waals surface area contributed by atoms with Gasteiger partial charge in [0.15, 0.2) is 0 Å². The van der Waals surface area contributed by atoms with Crippen LogP contribution in [0.15, 0.2) is 47.4 Å². The molecule has 0 spiro atoms. The number of carbonyl (C=O) groups excluding carboxylic acids is 2. The van der Waals surface area contributed by atoms with Gasteiger partial charge in [0.05, 0.1) is 21.5 Å². The Morgan fingerprint density at radius 3 is 2.60 bits per heavy atom. The van der Waals surface area contributed by atoms with E-state index in [1.165, 1.54) is 18.2 Å². The van der Waals surface area contributed by atoms with Crippen LogP contribution < -0.4 is 4.90 Å². The van der Waals surface area contributed by atoms with Crippen LogP contribution in [0.5, 0.6) is 0 Å². The lowest BCUT2D eigenvalue weighted by molar-refractivity contribution is -0.121. The lowest BCUT2D eigenvalue weighted by Gasteiger charge is -2.17. The summed E-state index contributed by atoms with van der Waals surface area (Å²) in [6, 6.07) is 10.9. The number of hydrogen-bond donors (Lipinski definition) is 1. The Bertz CT molecular complexity index is 887. The van der Waals surface area contributed by atoms with Crippen LogP contribution in [0.3, 0.4) is 0 Å². The lowest BCUT2D eigenvalue weighted by Crippen LogP contribution is -2.31. The summed E-state index contributed by atoms with van der Waals surface area (Å²) in [5.74, 6) is -1.94. The summed E-state index contributed by atoms with van der Waals surface area (Å²) in [5.41, 5.74) is 0.325. The second-order valence-electron chi connectivity index (χ2n) is 5.28. The average Bonchev–Trinajstić information content (AvgIpc) is 2.84. The number of nitrogens with zero attached hydrogens (tertiary/aromatic N) is 1. The Hall–Kier alpha value is -2.02. The maximum absolute atomic E-state index is 12.7. The van der Waals surface area contributed by atoms with Crippen LogP contribution in [-0.2, 0) is 9.59 Å². The van der Waals surface area contributed by atoms with Gasteiger partial charge in [-0.1, -0.05) is 35.3 Å². The molecule has 2 amide bonds. The van der Waals surface area contributed by atoms with Crippen molar-refractivity contribution in [1.29, 1.82) is 0 Å². The average molecular weight is 396 g/mol. The van der Waals surface area contributed by atoms with Gasteiger partial charge in [-0.25, -0.2) is 9.69 Å². The molecule has 1 aliphatic heterocycles. The number of aromatic carboxylic acids is 1. The lowest BCUT2D eigenvalue weighted by atomic mass is 10.2. The number of imide groups is 1. The molecule has 1 unspecified atom stereocenters. The number of carboxylic acids is 1. The van der Waals surface area contributed by atoms with Crippen molar-refractivity contribution in [1.82, 2.24) is 0 Å². The molecule has 0 bridgehead atoms. The van der Waals surface area contributed by atoms with Gasteiger partial charge in [-0.3, -0.25) is 9.59 Å². The summed E-state index contributed by atoms with van der Waals surface area (Å²) >= 11 is 13.1. The van der Waals surface area contributed by atoms with Crippen LogP contribution in [0.25, 0.3) is 0 Å². The number of thioether (sulfide) groups is 1. The standard InChI is InChI=1S/C17H11Cl2NO4S/c18-9-5-6-11(19)12(7-9)20-15(21)8-14(16(20)22)25-13-4-2-1-3-10(13)17(23)24/h1-7,14H,8H2,(H,23,24). The summed E-state index contributed by atoms with van der Waals surface area (Å²) in [6.07, 6.45) is -0.0414. The molecule has 1 saturated heterocycles. The number of hydrogen-bond acceptors (Lipinski definition) is 4. The predicted octanol–water partition coefficient (Wildman–Crippen LogP) is 4.12. The topological polar surface area (TPSA) is 74.7 Å². The van der Waals surface area contributed by atoms with E-state index in [1.807, 2.05) is 0 Å². The Kier molecular flexibility index (Phi) is 5.03. The van der Waals surface area contributed by atoms with Crippen molar-refractivity contribution >= 4 is 58.4 Å². The molecule has 1 N–H and O–H groups in total. The molecule has 1 aliphatic rings. The van der Waals surface area contributed by atoms with E-state index >= 15 is 0 Å². The summed E-state index contributed by atoms with van der Waals surface area (Å²) in [7, 11) is 0. The van der Waals surface area contributed by atoms with Crippen molar-refractivity contribution in [2.45, 2.75) is 16.6 Å². The van der Waals surface area contributed by atoms with Crippen molar-refractivity contribution < 1.29 is 19.5 Å². The molecule has 0 aliphatic carbocycles. The van der Waals surface area contributed by atoms with E-state index < -0.39 is 23.0 Å².